The molecule has 2 rings (SSSR count). The van der Waals surface area contributed by atoms with Gasteiger partial charge in [0.1, 0.15) is 0 Å². The van der Waals surface area contributed by atoms with Gasteiger partial charge in [-0.25, -0.2) is 0 Å². The highest BCUT2D eigenvalue weighted by Gasteiger charge is 2.35. The van der Waals surface area contributed by atoms with Crippen molar-refractivity contribution in [1.82, 2.24) is 15.1 Å². The lowest BCUT2D eigenvalue weighted by Crippen LogP contribution is -2.45. The van der Waals surface area contributed by atoms with Gasteiger partial charge < -0.3 is 11.1 Å². The molecule has 1 saturated carbocycles. The van der Waals surface area contributed by atoms with Gasteiger partial charge in [0.05, 0.1) is 22.3 Å². The molecule has 1 atom stereocenters. The van der Waals surface area contributed by atoms with Crippen molar-refractivity contribution in [1.29, 1.82) is 0 Å². The highest BCUT2D eigenvalue weighted by Crippen LogP contribution is 2.33. The first kappa shape index (κ1) is 13.0. The van der Waals surface area contributed by atoms with Gasteiger partial charge in [-0.1, -0.05) is 12.2 Å². The maximum Gasteiger partial charge on any atom is 0.255 e. The van der Waals surface area contributed by atoms with Gasteiger partial charge in [-0.15, -0.1) is 0 Å². The largest absolute Gasteiger partial charge is 0.392 e. The Hall–Kier alpha value is -1.43. The number of carbonyl (C=O) groups excluding carboxylic acids is 1. The third-order valence-corrected chi connectivity index (χ3v) is 3.68. The van der Waals surface area contributed by atoms with Crippen molar-refractivity contribution >= 4 is 23.1 Å². The van der Waals surface area contributed by atoms with Crippen molar-refractivity contribution in [2.45, 2.75) is 32.7 Å². The van der Waals surface area contributed by atoms with Gasteiger partial charge in [0.15, 0.2) is 0 Å². The van der Waals surface area contributed by atoms with E-state index in [1.54, 1.807) is 4.68 Å². The summed E-state index contributed by atoms with van der Waals surface area (Å²) in [5, 5.41) is 7.17. The van der Waals surface area contributed by atoms with Crippen molar-refractivity contribution in [3.63, 3.8) is 0 Å². The molecule has 1 aromatic heterocycles. The maximum atomic E-state index is 12.3. The number of rotatable bonds is 4. The van der Waals surface area contributed by atoms with E-state index in [1.165, 1.54) is 0 Å². The molecule has 1 aromatic rings. The Morgan fingerprint density at radius 3 is 2.56 bits per heavy atom. The second-order valence-electron chi connectivity index (χ2n) is 4.86. The first-order valence-corrected chi connectivity index (χ1v) is 6.43. The number of nitrogens with one attached hydrogen (secondary N) is 1. The van der Waals surface area contributed by atoms with E-state index in [2.05, 4.69) is 10.4 Å². The predicted octanol–water partition coefficient (Wildman–Crippen LogP) is 0.831. The van der Waals surface area contributed by atoms with Crippen LogP contribution in [-0.2, 0) is 7.05 Å². The molecule has 0 aliphatic heterocycles. The minimum atomic E-state index is -0.188. The number of thiocarbonyl (C=S) groups is 1. The Balaban J connectivity index is 2.18. The molecule has 18 heavy (non-hydrogen) atoms. The van der Waals surface area contributed by atoms with Crippen LogP contribution in [0.4, 0.5) is 0 Å². The Labute approximate surface area is 112 Å². The van der Waals surface area contributed by atoms with Crippen LogP contribution in [0.5, 0.6) is 0 Å². The average molecular weight is 266 g/mol. The number of amides is 1. The summed E-state index contributed by atoms with van der Waals surface area (Å²) in [6.07, 6.45) is 2.15. The lowest BCUT2D eigenvalue weighted by atomic mass is 10.1. The summed E-state index contributed by atoms with van der Waals surface area (Å²) < 4.78 is 1.71. The molecule has 1 unspecified atom stereocenters. The van der Waals surface area contributed by atoms with Gasteiger partial charge in [0.25, 0.3) is 5.91 Å². The van der Waals surface area contributed by atoms with Crippen molar-refractivity contribution in [2.24, 2.45) is 18.7 Å². The molecule has 98 valence electrons. The first-order valence-electron chi connectivity index (χ1n) is 6.02. The number of aromatic nitrogens is 2. The molecule has 1 heterocycles. The lowest BCUT2D eigenvalue weighted by molar-refractivity contribution is 0.0942. The standard InChI is InChI=1S/C12H18N4OS/c1-6-9(7(2)16(3)15-6)12(17)14-10(11(13)18)8-4-5-8/h8,10H,4-5H2,1-3H3,(H2,13,18)(H,14,17). The number of carbonyl (C=O) groups is 1. The van der Waals surface area contributed by atoms with Crippen molar-refractivity contribution in [2.75, 3.05) is 0 Å². The molecule has 0 radical (unpaired) electrons. The minimum absolute atomic E-state index is 0.136. The summed E-state index contributed by atoms with van der Waals surface area (Å²) in [5.41, 5.74) is 7.88. The average Bonchev–Trinajstić information content (AvgIpc) is 3.05. The van der Waals surface area contributed by atoms with Gasteiger partial charge in [0, 0.05) is 12.7 Å². The van der Waals surface area contributed by atoms with Crippen LogP contribution >= 0.6 is 12.2 Å². The molecule has 5 nitrogen and oxygen atoms in total. The van der Waals surface area contributed by atoms with E-state index in [-0.39, 0.29) is 11.9 Å². The summed E-state index contributed by atoms with van der Waals surface area (Å²) in [5.74, 6) is 0.270. The van der Waals surface area contributed by atoms with Gasteiger partial charge in [-0.2, -0.15) is 5.10 Å². The molecule has 1 aliphatic rings. The Bertz CT molecular complexity index is 504. The molecular formula is C12H18N4OS. The SMILES string of the molecule is Cc1nn(C)c(C)c1C(=O)NC(C(N)=S)C1CC1. The molecule has 3 N–H and O–H groups in total. The van der Waals surface area contributed by atoms with Gasteiger partial charge in [-0.05, 0) is 32.6 Å². The Morgan fingerprint density at radius 2 is 2.17 bits per heavy atom. The highest BCUT2D eigenvalue weighted by molar-refractivity contribution is 7.80. The lowest BCUT2D eigenvalue weighted by Gasteiger charge is -2.16. The quantitative estimate of drug-likeness (QED) is 0.792. The molecule has 0 saturated heterocycles. The Morgan fingerprint density at radius 1 is 1.56 bits per heavy atom. The van der Waals surface area contributed by atoms with Crippen LogP contribution in [0.3, 0.4) is 0 Å². The van der Waals surface area contributed by atoms with Crippen LogP contribution in [0.2, 0.25) is 0 Å². The van der Waals surface area contributed by atoms with Crippen LogP contribution < -0.4 is 11.1 Å². The highest BCUT2D eigenvalue weighted by atomic mass is 32.1. The first-order chi connectivity index (χ1) is 8.41. The second-order valence-corrected chi connectivity index (χ2v) is 5.33. The van der Waals surface area contributed by atoms with Gasteiger partial charge in [0.2, 0.25) is 0 Å². The van der Waals surface area contributed by atoms with Crippen LogP contribution in [0, 0.1) is 19.8 Å². The third kappa shape index (κ3) is 2.38. The predicted molar refractivity (Wildman–Crippen MR) is 73.4 cm³/mol. The summed E-state index contributed by atoms with van der Waals surface area (Å²) >= 11 is 5.01. The van der Waals surface area contributed by atoms with Gasteiger partial charge in [-0.3, -0.25) is 9.48 Å². The number of nitrogens with two attached hydrogens (primary N) is 1. The zero-order valence-electron chi connectivity index (χ0n) is 10.9. The third-order valence-electron chi connectivity index (χ3n) is 3.42. The number of nitrogens with zero attached hydrogens (tertiary/aromatic N) is 2. The van der Waals surface area contributed by atoms with Crippen LogP contribution in [0.15, 0.2) is 0 Å². The number of hydrogen-bond acceptors (Lipinski definition) is 3. The molecule has 6 heteroatoms. The normalized spacial score (nSPS) is 16.4. The summed E-state index contributed by atoms with van der Waals surface area (Å²) in [4.78, 5) is 12.6. The van der Waals surface area contributed by atoms with Gasteiger partial charge >= 0.3 is 0 Å². The van der Waals surface area contributed by atoms with Crippen molar-refractivity contribution in [3.05, 3.63) is 17.0 Å². The van der Waals surface area contributed by atoms with Crippen LogP contribution in [0.25, 0.3) is 0 Å². The Kier molecular flexibility index (Phi) is 3.38. The molecule has 1 amide bonds. The topological polar surface area (TPSA) is 72.9 Å². The monoisotopic (exact) mass is 266 g/mol. The van der Waals surface area contributed by atoms with E-state index >= 15 is 0 Å². The minimum Gasteiger partial charge on any atom is -0.392 e. The molecule has 0 spiro atoms. The second kappa shape index (κ2) is 4.68. The van der Waals surface area contributed by atoms with E-state index in [4.69, 9.17) is 18.0 Å². The molecular weight excluding hydrogens is 248 g/mol. The van der Waals surface area contributed by atoms with Crippen LogP contribution in [-0.4, -0.2) is 26.7 Å². The van der Waals surface area contributed by atoms with E-state index in [0.717, 1.165) is 24.2 Å². The fraction of sp³-hybridized carbons (Fsp3) is 0.583. The molecule has 0 aromatic carbocycles. The van der Waals surface area contributed by atoms with Crippen molar-refractivity contribution < 1.29 is 4.79 Å². The molecule has 0 bridgehead atoms. The number of aryl methyl sites for hydroxylation is 2. The summed E-state index contributed by atoms with van der Waals surface area (Å²) in [6, 6.07) is -0.188. The summed E-state index contributed by atoms with van der Waals surface area (Å²) in [7, 11) is 1.82. The number of hydrogen-bond donors (Lipinski definition) is 2. The summed E-state index contributed by atoms with van der Waals surface area (Å²) in [6.45, 7) is 3.70. The van der Waals surface area contributed by atoms with E-state index < -0.39 is 0 Å². The molecule has 1 fully saturated rings. The van der Waals surface area contributed by atoms with E-state index in [9.17, 15) is 4.79 Å². The fourth-order valence-electron chi connectivity index (χ4n) is 2.17. The van der Waals surface area contributed by atoms with E-state index in [0.29, 0.717) is 16.5 Å². The zero-order chi connectivity index (χ0) is 13.4. The maximum absolute atomic E-state index is 12.3. The van der Waals surface area contributed by atoms with E-state index in [1.807, 2.05) is 20.9 Å². The fourth-order valence-corrected chi connectivity index (χ4v) is 2.42. The van der Waals surface area contributed by atoms with Crippen molar-refractivity contribution in [3.8, 4) is 0 Å². The zero-order valence-corrected chi connectivity index (χ0v) is 11.7. The smallest absolute Gasteiger partial charge is 0.255 e. The van der Waals surface area contributed by atoms with Crippen LogP contribution in [0.1, 0.15) is 34.6 Å². The molecule has 1 aliphatic carbocycles.